The number of hydrogen-bond acceptors (Lipinski definition) is 2. The molecule has 0 amide bonds. The smallest absolute Gasteiger partial charge is 0.0964 e. The Hall–Kier alpha value is 0.310. The Kier molecular flexibility index (Phi) is 8.64. The zero-order valence-corrected chi connectivity index (χ0v) is 8.32. The summed E-state index contributed by atoms with van der Waals surface area (Å²) in [6.07, 6.45) is 8.52. The summed E-state index contributed by atoms with van der Waals surface area (Å²) in [5.41, 5.74) is -0.402. The Bertz CT molecular complexity index is 74.0. The first-order chi connectivity index (χ1) is 5.27. The lowest BCUT2D eigenvalue weighted by molar-refractivity contribution is 0.249. The molecule has 0 saturated heterocycles. The zero-order chi connectivity index (χ0) is 8.53. The van der Waals surface area contributed by atoms with E-state index in [4.69, 9.17) is 5.11 Å². The van der Waals surface area contributed by atoms with Crippen LogP contribution in [0.4, 0.5) is 0 Å². The molecule has 0 aromatic carbocycles. The van der Waals surface area contributed by atoms with Crippen molar-refractivity contribution in [2.45, 2.75) is 57.3 Å². The van der Waals surface area contributed by atoms with Crippen molar-refractivity contribution in [2.75, 3.05) is 0 Å². The van der Waals surface area contributed by atoms with Crippen molar-refractivity contribution < 1.29 is 5.11 Å². The summed E-state index contributed by atoms with van der Waals surface area (Å²) < 4.78 is 0. The molecule has 0 heterocycles. The molecule has 0 aromatic rings. The fourth-order valence-corrected chi connectivity index (χ4v) is 1.29. The van der Waals surface area contributed by atoms with Gasteiger partial charge in [0.15, 0.2) is 0 Å². The number of aliphatic hydroxyl groups excluding tert-OH is 1. The average molecular weight is 176 g/mol. The molecule has 0 aliphatic carbocycles. The van der Waals surface area contributed by atoms with Crippen molar-refractivity contribution in [1.82, 2.24) is 0 Å². The van der Waals surface area contributed by atoms with Gasteiger partial charge in [0.1, 0.15) is 0 Å². The van der Waals surface area contributed by atoms with E-state index < -0.39 is 5.44 Å². The summed E-state index contributed by atoms with van der Waals surface area (Å²) in [6, 6.07) is 0. The van der Waals surface area contributed by atoms with E-state index in [9.17, 15) is 0 Å². The molecule has 0 fully saturated rings. The first-order valence-electron chi connectivity index (χ1n) is 4.63. The van der Waals surface area contributed by atoms with Crippen molar-refractivity contribution in [3.8, 4) is 0 Å². The van der Waals surface area contributed by atoms with Gasteiger partial charge in [-0.15, -0.1) is 12.6 Å². The van der Waals surface area contributed by atoms with Crippen molar-refractivity contribution in [3.05, 3.63) is 0 Å². The maximum absolute atomic E-state index is 8.82. The molecule has 0 saturated carbocycles. The topological polar surface area (TPSA) is 20.2 Å². The van der Waals surface area contributed by atoms with Crippen LogP contribution in [0.15, 0.2) is 0 Å². The van der Waals surface area contributed by atoms with E-state index in [1.165, 1.54) is 32.1 Å². The highest BCUT2D eigenvalue weighted by Crippen LogP contribution is 2.09. The predicted octanol–water partition coefficient (Wildman–Crippen LogP) is 2.99. The Labute approximate surface area is 75.6 Å². The van der Waals surface area contributed by atoms with Crippen LogP contribution >= 0.6 is 12.6 Å². The standard InChI is InChI=1S/C9H20OS/c1-2-3-4-5-6-7-8-9(10)11/h9-11H,2-8H2,1H3. The second kappa shape index (κ2) is 8.41. The molecule has 0 aromatic heterocycles. The van der Waals surface area contributed by atoms with Crippen LogP contribution in [-0.2, 0) is 0 Å². The maximum Gasteiger partial charge on any atom is 0.0964 e. The van der Waals surface area contributed by atoms with Crippen LogP contribution < -0.4 is 0 Å². The molecule has 1 nitrogen and oxygen atoms in total. The van der Waals surface area contributed by atoms with Gasteiger partial charge in [0, 0.05) is 0 Å². The maximum atomic E-state index is 8.82. The zero-order valence-electron chi connectivity index (χ0n) is 7.42. The number of hydrogen-bond donors (Lipinski definition) is 2. The van der Waals surface area contributed by atoms with Crippen LogP contribution in [0.2, 0.25) is 0 Å². The number of unbranched alkanes of at least 4 members (excludes halogenated alkanes) is 5. The number of thiol groups is 1. The average Bonchev–Trinajstić information content (AvgIpc) is 1.96. The fourth-order valence-electron chi connectivity index (χ4n) is 1.11. The Morgan fingerprint density at radius 2 is 1.64 bits per heavy atom. The third-order valence-electron chi connectivity index (χ3n) is 1.82. The first kappa shape index (κ1) is 11.3. The van der Waals surface area contributed by atoms with Gasteiger partial charge in [-0.2, -0.15) is 0 Å². The Morgan fingerprint density at radius 1 is 1.09 bits per heavy atom. The van der Waals surface area contributed by atoms with Gasteiger partial charge in [0.25, 0.3) is 0 Å². The highest BCUT2D eigenvalue weighted by molar-refractivity contribution is 7.80. The number of rotatable bonds is 7. The summed E-state index contributed by atoms with van der Waals surface area (Å²) in [4.78, 5) is 0. The van der Waals surface area contributed by atoms with Crippen LogP contribution in [-0.4, -0.2) is 10.5 Å². The second-order valence-electron chi connectivity index (χ2n) is 3.04. The van der Waals surface area contributed by atoms with Gasteiger partial charge >= 0.3 is 0 Å². The first-order valence-corrected chi connectivity index (χ1v) is 5.15. The number of aliphatic hydroxyl groups is 1. The molecular formula is C9H20OS. The largest absolute Gasteiger partial charge is 0.383 e. The van der Waals surface area contributed by atoms with Crippen LogP contribution in [0.25, 0.3) is 0 Å². The summed E-state index contributed by atoms with van der Waals surface area (Å²) in [7, 11) is 0. The van der Waals surface area contributed by atoms with E-state index in [1.807, 2.05) is 0 Å². The summed E-state index contributed by atoms with van der Waals surface area (Å²) in [6.45, 7) is 2.22. The molecule has 2 heteroatoms. The third-order valence-corrected chi connectivity index (χ3v) is 2.07. The summed E-state index contributed by atoms with van der Waals surface area (Å²) in [5.74, 6) is 0. The van der Waals surface area contributed by atoms with E-state index in [-0.39, 0.29) is 0 Å². The molecule has 0 aliphatic rings. The van der Waals surface area contributed by atoms with Gasteiger partial charge in [-0.1, -0.05) is 45.4 Å². The van der Waals surface area contributed by atoms with Crippen LogP contribution in [0.5, 0.6) is 0 Å². The molecule has 1 N–H and O–H groups in total. The molecule has 1 unspecified atom stereocenters. The normalized spacial score (nSPS) is 13.4. The van der Waals surface area contributed by atoms with E-state index in [2.05, 4.69) is 19.6 Å². The van der Waals surface area contributed by atoms with Crippen molar-refractivity contribution in [2.24, 2.45) is 0 Å². The second-order valence-corrected chi connectivity index (χ2v) is 3.63. The molecule has 1 atom stereocenters. The molecular weight excluding hydrogens is 156 g/mol. The lowest BCUT2D eigenvalue weighted by atomic mass is 10.1. The SMILES string of the molecule is CCCCCCCCC(O)S. The Morgan fingerprint density at radius 3 is 2.18 bits per heavy atom. The van der Waals surface area contributed by atoms with E-state index in [0.29, 0.717) is 0 Å². The molecule has 0 spiro atoms. The van der Waals surface area contributed by atoms with E-state index in [0.717, 1.165) is 12.8 Å². The van der Waals surface area contributed by atoms with Crippen LogP contribution in [0.3, 0.4) is 0 Å². The Balaban J connectivity index is 2.80. The highest BCUT2D eigenvalue weighted by atomic mass is 32.1. The molecule has 0 radical (unpaired) electrons. The van der Waals surface area contributed by atoms with E-state index in [1.54, 1.807) is 0 Å². The van der Waals surface area contributed by atoms with Crippen LogP contribution in [0, 0.1) is 0 Å². The molecule has 0 bridgehead atoms. The van der Waals surface area contributed by atoms with Crippen molar-refractivity contribution in [3.63, 3.8) is 0 Å². The van der Waals surface area contributed by atoms with Gasteiger partial charge in [-0.05, 0) is 6.42 Å². The molecule has 68 valence electrons. The lowest BCUT2D eigenvalue weighted by Crippen LogP contribution is -1.94. The van der Waals surface area contributed by atoms with Gasteiger partial charge in [-0.3, -0.25) is 0 Å². The summed E-state index contributed by atoms with van der Waals surface area (Å²) in [5, 5.41) is 8.82. The van der Waals surface area contributed by atoms with Crippen molar-refractivity contribution >= 4 is 12.6 Å². The monoisotopic (exact) mass is 176 g/mol. The summed E-state index contributed by atoms with van der Waals surface area (Å²) >= 11 is 3.90. The highest BCUT2D eigenvalue weighted by Gasteiger charge is 1.95. The van der Waals surface area contributed by atoms with Gasteiger partial charge < -0.3 is 5.11 Å². The van der Waals surface area contributed by atoms with Crippen molar-refractivity contribution in [1.29, 1.82) is 0 Å². The molecule has 0 aliphatic heterocycles. The fraction of sp³-hybridized carbons (Fsp3) is 1.00. The minimum Gasteiger partial charge on any atom is -0.383 e. The van der Waals surface area contributed by atoms with E-state index >= 15 is 0 Å². The van der Waals surface area contributed by atoms with Gasteiger partial charge in [-0.25, -0.2) is 0 Å². The lowest BCUT2D eigenvalue weighted by Gasteiger charge is -2.02. The predicted molar refractivity (Wildman–Crippen MR) is 53.0 cm³/mol. The minimum absolute atomic E-state index is 0.402. The minimum atomic E-state index is -0.402. The molecule has 0 rings (SSSR count). The third kappa shape index (κ3) is 10.3. The van der Waals surface area contributed by atoms with Crippen LogP contribution in [0.1, 0.15) is 51.9 Å². The van der Waals surface area contributed by atoms with Gasteiger partial charge in [0.05, 0.1) is 5.44 Å². The molecule has 11 heavy (non-hydrogen) atoms. The quantitative estimate of drug-likeness (QED) is 0.347. The van der Waals surface area contributed by atoms with Gasteiger partial charge in [0.2, 0.25) is 0 Å².